The van der Waals surface area contributed by atoms with Crippen molar-refractivity contribution in [2.75, 3.05) is 6.61 Å². The Morgan fingerprint density at radius 2 is 1.63 bits per heavy atom. The molecule has 0 bridgehead atoms. The molecular formula is C13H14Cl2O4. The van der Waals surface area contributed by atoms with Gasteiger partial charge in [-0.25, -0.2) is 0 Å². The molecule has 1 aromatic rings. The molecule has 0 unspecified atom stereocenters. The summed E-state index contributed by atoms with van der Waals surface area (Å²) in [7, 11) is 0. The number of hydrogen-bond acceptors (Lipinski definition) is 4. The SMILES string of the molecule is CCOC(=O)CCCC(=O)Oc1cc(Cl)cc(Cl)c1. The van der Waals surface area contributed by atoms with Crippen LogP contribution in [-0.2, 0) is 14.3 Å². The summed E-state index contributed by atoms with van der Waals surface area (Å²) in [5.74, 6) is -0.470. The summed E-state index contributed by atoms with van der Waals surface area (Å²) in [6.07, 6.45) is 0.703. The summed E-state index contributed by atoms with van der Waals surface area (Å²) in [6.45, 7) is 2.07. The first-order valence-corrected chi connectivity index (χ1v) is 6.59. The Morgan fingerprint density at radius 1 is 1.05 bits per heavy atom. The topological polar surface area (TPSA) is 52.6 Å². The van der Waals surface area contributed by atoms with Gasteiger partial charge in [-0.15, -0.1) is 0 Å². The number of ether oxygens (including phenoxy) is 2. The molecule has 19 heavy (non-hydrogen) atoms. The standard InChI is InChI=1S/C13H14Cl2O4/c1-2-18-12(16)4-3-5-13(17)19-11-7-9(14)6-10(15)8-11/h6-8H,2-5H2,1H3. The summed E-state index contributed by atoms with van der Waals surface area (Å²) in [6, 6.07) is 4.54. The van der Waals surface area contributed by atoms with Crippen LogP contribution in [0, 0.1) is 0 Å². The lowest BCUT2D eigenvalue weighted by Crippen LogP contribution is -2.10. The second-order valence-electron chi connectivity index (χ2n) is 3.74. The molecule has 4 nitrogen and oxygen atoms in total. The normalized spacial score (nSPS) is 10.1. The van der Waals surface area contributed by atoms with Crippen molar-refractivity contribution in [1.29, 1.82) is 0 Å². The first-order valence-electron chi connectivity index (χ1n) is 5.83. The lowest BCUT2D eigenvalue weighted by atomic mass is 10.2. The minimum Gasteiger partial charge on any atom is -0.466 e. The molecule has 0 spiro atoms. The average Bonchev–Trinajstić information content (AvgIpc) is 2.27. The van der Waals surface area contributed by atoms with Gasteiger partial charge in [-0.1, -0.05) is 23.2 Å². The predicted octanol–water partition coefficient (Wildman–Crippen LogP) is 3.63. The third kappa shape index (κ3) is 6.45. The Hall–Kier alpha value is -1.26. The molecule has 0 atom stereocenters. The van der Waals surface area contributed by atoms with E-state index >= 15 is 0 Å². The van der Waals surface area contributed by atoms with E-state index in [-0.39, 0.29) is 18.8 Å². The third-order valence-corrected chi connectivity index (χ3v) is 2.57. The van der Waals surface area contributed by atoms with Gasteiger partial charge in [0.1, 0.15) is 5.75 Å². The lowest BCUT2D eigenvalue weighted by molar-refractivity contribution is -0.143. The summed E-state index contributed by atoms with van der Waals surface area (Å²) in [4.78, 5) is 22.6. The van der Waals surface area contributed by atoms with Gasteiger partial charge in [-0.2, -0.15) is 0 Å². The number of esters is 2. The Balaban J connectivity index is 2.37. The number of hydrogen-bond donors (Lipinski definition) is 0. The summed E-state index contributed by atoms with van der Waals surface area (Å²) in [5.41, 5.74) is 0. The van der Waals surface area contributed by atoms with Gasteiger partial charge in [0, 0.05) is 22.9 Å². The summed E-state index contributed by atoms with van der Waals surface area (Å²) in [5, 5.41) is 0.781. The fraction of sp³-hybridized carbons (Fsp3) is 0.385. The highest BCUT2D eigenvalue weighted by atomic mass is 35.5. The van der Waals surface area contributed by atoms with Gasteiger partial charge in [0.15, 0.2) is 0 Å². The molecule has 1 aromatic carbocycles. The van der Waals surface area contributed by atoms with E-state index < -0.39 is 5.97 Å². The van der Waals surface area contributed by atoms with Crippen molar-refractivity contribution >= 4 is 35.1 Å². The van der Waals surface area contributed by atoms with Crippen LogP contribution >= 0.6 is 23.2 Å². The molecule has 0 aliphatic carbocycles. The molecule has 1 rings (SSSR count). The average molecular weight is 305 g/mol. The largest absolute Gasteiger partial charge is 0.466 e. The second-order valence-corrected chi connectivity index (χ2v) is 4.61. The lowest BCUT2D eigenvalue weighted by Gasteiger charge is -2.05. The molecular weight excluding hydrogens is 291 g/mol. The van der Waals surface area contributed by atoms with Crippen LogP contribution in [0.4, 0.5) is 0 Å². The van der Waals surface area contributed by atoms with Crippen LogP contribution < -0.4 is 4.74 Å². The van der Waals surface area contributed by atoms with E-state index in [1.165, 1.54) is 12.1 Å². The fourth-order valence-corrected chi connectivity index (χ4v) is 1.89. The Kier molecular flexibility index (Phi) is 6.67. The van der Waals surface area contributed by atoms with Gasteiger partial charge in [-0.05, 0) is 31.5 Å². The zero-order valence-electron chi connectivity index (χ0n) is 10.4. The van der Waals surface area contributed by atoms with E-state index in [1.54, 1.807) is 13.0 Å². The van der Waals surface area contributed by atoms with Gasteiger partial charge in [0.25, 0.3) is 0 Å². The van der Waals surface area contributed by atoms with Crippen molar-refractivity contribution < 1.29 is 19.1 Å². The number of halogens is 2. The van der Waals surface area contributed by atoms with Crippen molar-refractivity contribution in [3.05, 3.63) is 28.2 Å². The van der Waals surface area contributed by atoms with E-state index in [1.807, 2.05) is 0 Å². The first kappa shape index (κ1) is 15.8. The zero-order chi connectivity index (χ0) is 14.3. The Morgan fingerprint density at radius 3 is 2.21 bits per heavy atom. The zero-order valence-corrected chi connectivity index (χ0v) is 12.0. The van der Waals surface area contributed by atoms with E-state index in [0.29, 0.717) is 28.8 Å². The van der Waals surface area contributed by atoms with Crippen LogP contribution in [0.25, 0.3) is 0 Å². The van der Waals surface area contributed by atoms with Crippen LogP contribution in [0.15, 0.2) is 18.2 Å². The molecule has 0 amide bonds. The molecule has 0 saturated carbocycles. The van der Waals surface area contributed by atoms with Crippen molar-refractivity contribution in [3.63, 3.8) is 0 Å². The Bertz CT molecular complexity index is 440. The monoisotopic (exact) mass is 304 g/mol. The third-order valence-electron chi connectivity index (χ3n) is 2.13. The van der Waals surface area contributed by atoms with Crippen LogP contribution in [-0.4, -0.2) is 18.5 Å². The maximum absolute atomic E-state index is 11.5. The quantitative estimate of drug-likeness (QED) is 0.595. The van der Waals surface area contributed by atoms with Crippen molar-refractivity contribution in [3.8, 4) is 5.75 Å². The number of rotatable bonds is 6. The van der Waals surface area contributed by atoms with E-state index in [9.17, 15) is 9.59 Å². The minimum atomic E-state index is -0.442. The van der Waals surface area contributed by atoms with E-state index in [4.69, 9.17) is 32.7 Å². The molecule has 0 aliphatic rings. The highest BCUT2D eigenvalue weighted by Crippen LogP contribution is 2.24. The van der Waals surface area contributed by atoms with Crippen LogP contribution in [0.3, 0.4) is 0 Å². The molecule has 0 aromatic heterocycles. The van der Waals surface area contributed by atoms with Gasteiger partial charge in [-0.3, -0.25) is 9.59 Å². The number of benzene rings is 1. The molecule has 0 saturated heterocycles. The number of carbonyl (C=O) groups excluding carboxylic acids is 2. The second kappa shape index (κ2) is 8.02. The summed E-state index contributed by atoms with van der Waals surface area (Å²) < 4.78 is 9.81. The van der Waals surface area contributed by atoms with Crippen LogP contribution in [0.2, 0.25) is 10.0 Å². The van der Waals surface area contributed by atoms with Gasteiger partial charge < -0.3 is 9.47 Å². The molecule has 6 heteroatoms. The molecule has 0 fully saturated rings. The van der Waals surface area contributed by atoms with Crippen molar-refractivity contribution in [1.82, 2.24) is 0 Å². The molecule has 0 radical (unpaired) electrons. The van der Waals surface area contributed by atoms with Gasteiger partial charge in [0.05, 0.1) is 6.61 Å². The Labute approximate surface area is 121 Å². The fourth-order valence-electron chi connectivity index (χ4n) is 1.38. The maximum atomic E-state index is 11.5. The smallest absolute Gasteiger partial charge is 0.311 e. The highest BCUT2D eigenvalue weighted by Gasteiger charge is 2.09. The number of carbonyl (C=O) groups is 2. The van der Waals surface area contributed by atoms with Crippen molar-refractivity contribution in [2.24, 2.45) is 0 Å². The molecule has 0 aliphatic heterocycles. The van der Waals surface area contributed by atoms with Gasteiger partial charge in [0.2, 0.25) is 0 Å². The van der Waals surface area contributed by atoms with E-state index in [2.05, 4.69) is 0 Å². The van der Waals surface area contributed by atoms with Crippen LogP contribution in [0.5, 0.6) is 5.75 Å². The predicted molar refractivity (Wildman–Crippen MR) is 72.6 cm³/mol. The first-order chi connectivity index (χ1) is 9.01. The maximum Gasteiger partial charge on any atom is 0.311 e. The molecule has 104 valence electrons. The molecule has 0 N–H and O–H groups in total. The molecule has 0 heterocycles. The minimum absolute atomic E-state index is 0.128. The highest BCUT2D eigenvalue weighted by molar-refractivity contribution is 6.34. The van der Waals surface area contributed by atoms with E-state index in [0.717, 1.165) is 0 Å². The van der Waals surface area contributed by atoms with Crippen LogP contribution in [0.1, 0.15) is 26.2 Å². The summed E-state index contributed by atoms with van der Waals surface area (Å²) >= 11 is 11.6. The van der Waals surface area contributed by atoms with Gasteiger partial charge >= 0.3 is 11.9 Å². The van der Waals surface area contributed by atoms with Crippen molar-refractivity contribution in [2.45, 2.75) is 26.2 Å².